The number of hydrogen-bond acceptors (Lipinski definition) is 5. The van der Waals surface area contributed by atoms with Gasteiger partial charge in [-0.1, -0.05) is 6.07 Å². The molecule has 5 aromatic rings. The number of halogens is 2. The number of methoxy groups -OCH3 is 1. The Bertz CT molecular complexity index is 1560. The van der Waals surface area contributed by atoms with Gasteiger partial charge in [-0.3, -0.25) is 9.40 Å². The Hall–Kier alpha value is -3.69. The molecule has 0 saturated heterocycles. The number of aromatic amines is 1. The van der Waals surface area contributed by atoms with Crippen LogP contribution in [-0.2, 0) is 6.54 Å². The van der Waals surface area contributed by atoms with Crippen molar-refractivity contribution in [2.75, 3.05) is 14.2 Å². The molecule has 184 valence electrons. The molecule has 0 aliphatic heterocycles. The van der Waals surface area contributed by atoms with Crippen molar-refractivity contribution in [3.63, 3.8) is 0 Å². The molecule has 0 atom stereocenters. The second-order valence-electron chi connectivity index (χ2n) is 8.48. The topological polar surface area (TPSA) is 67.8 Å². The van der Waals surface area contributed by atoms with Gasteiger partial charge in [-0.2, -0.15) is 5.10 Å². The van der Waals surface area contributed by atoms with Crippen LogP contribution in [0.25, 0.3) is 33.3 Å². The van der Waals surface area contributed by atoms with Crippen molar-refractivity contribution in [3.8, 4) is 28.0 Å². The van der Waals surface area contributed by atoms with E-state index in [9.17, 15) is 8.78 Å². The quantitative estimate of drug-likeness (QED) is 0.255. The number of ether oxygens (including phenoxy) is 1. The molecule has 0 spiro atoms. The first-order chi connectivity index (χ1) is 17.4. The van der Waals surface area contributed by atoms with Crippen LogP contribution in [0.3, 0.4) is 0 Å². The molecule has 2 N–H and O–H groups in total. The average Bonchev–Trinajstić information content (AvgIpc) is 3.37. The van der Waals surface area contributed by atoms with Crippen molar-refractivity contribution in [1.29, 1.82) is 0 Å². The summed E-state index contributed by atoms with van der Waals surface area (Å²) in [5.74, 6) is -0.403. The minimum absolute atomic E-state index is 0.269. The number of benzene rings is 2. The highest BCUT2D eigenvalue weighted by Crippen LogP contribution is 2.37. The van der Waals surface area contributed by atoms with Gasteiger partial charge < -0.3 is 9.72 Å². The number of aryl methyl sites for hydroxylation is 1. The summed E-state index contributed by atoms with van der Waals surface area (Å²) in [4.78, 5) is 8.90. The Kier molecular flexibility index (Phi) is 6.51. The second-order valence-corrected chi connectivity index (χ2v) is 9.53. The van der Waals surface area contributed by atoms with Crippen LogP contribution in [-0.4, -0.2) is 33.9 Å². The monoisotopic (exact) mass is 505 g/mol. The molecule has 0 radical (unpaired) electrons. The highest BCUT2D eigenvalue weighted by atomic mass is 32.2. The van der Waals surface area contributed by atoms with Gasteiger partial charge in [-0.15, -0.1) is 0 Å². The number of fused-ring (bicyclic) bond motifs is 1. The molecule has 3 aromatic heterocycles. The Morgan fingerprint density at radius 2 is 1.83 bits per heavy atom. The molecule has 0 amide bonds. The SMILES string of the molecule is CNSc1cc(-c2cnc3[nH]cc(-c4c(C)nn(Cc5cc(F)cc(F)c5)c4C)c3c2)ccc1OC. The molecular weight excluding hydrogens is 480 g/mol. The lowest BCUT2D eigenvalue weighted by Gasteiger charge is -2.10. The molecule has 0 bridgehead atoms. The minimum Gasteiger partial charge on any atom is -0.496 e. The normalized spacial score (nSPS) is 11.4. The van der Waals surface area contributed by atoms with Crippen LogP contribution < -0.4 is 9.46 Å². The van der Waals surface area contributed by atoms with Gasteiger partial charge in [0.05, 0.1) is 24.2 Å². The first-order valence-electron chi connectivity index (χ1n) is 11.4. The van der Waals surface area contributed by atoms with Gasteiger partial charge in [0, 0.05) is 46.2 Å². The number of nitrogens with one attached hydrogen (secondary N) is 2. The van der Waals surface area contributed by atoms with Crippen LogP contribution in [0.5, 0.6) is 5.75 Å². The summed E-state index contributed by atoms with van der Waals surface area (Å²) in [7, 11) is 3.52. The van der Waals surface area contributed by atoms with E-state index in [1.165, 1.54) is 24.1 Å². The van der Waals surface area contributed by atoms with Crippen LogP contribution in [0.1, 0.15) is 17.0 Å². The zero-order valence-corrected chi connectivity index (χ0v) is 21.1. The van der Waals surface area contributed by atoms with E-state index in [2.05, 4.69) is 31.9 Å². The number of nitrogens with zero attached hydrogens (tertiary/aromatic N) is 3. The molecule has 0 aliphatic carbocycles. The van der Waals surface area contributed by atoms with Gasteiger partial charge in [0.15, 0.2) is 0 Å². The standard InChI is InChI=1S/C27H25F2N5OS/c1-15-26(16(2)34(33-15)14-17-7-20(28)11-21(29)8-17)23-13-32-27-22(23)9-19(12-31-27)18-5-6-24(35-4)25(10-18)36-30-3/h5-13,30H,14H2,1-4H3,(H,31,32). The van der Waals surface area contributed by atoms with Gasteiger partial charge in [-0.05, 0) is 74.3 Å². The van der Waals surface area contributed by atoms with Gasteiger partial charge >= 0.3 is 0 Å². The Balaban J connectivity index is 1.56. The average molecular weight is 506 g/mol. The lowest BCUT2D eigenvalue weighted by atomic mass is 10.0. The van der Waals surface area contributed by atoms with Crippen molar-refractivity contribution in [3.05, 3.63) is 83.4 Å². The third-order valence-electron chi connectivity index (χ3n) is 6.15. The van der Waals surface area contributed by atoms with Crippen molar-refractivity contribution < 1.29 is 13.5 Å². The molecule has 9 heteroatoms. The van der Waals surface area contributed by atoms with E-state index in [4.69, 9.17) is 4.74 Å². The predicted molar refractivity (Wildman–Crippen MR) is 139 cm³/mol. The fraction of sp³-hybridized carbons (Fsp3) is 0.185. The highest BCUT2D eigenvalue weighted by Gasteiger charge is 2.19. The summed E-state index contributed by atoms with van der Waals surface area (Å²) in [5.41, 5.74) is 6.96. The molecule has 0 fully saturated rings. The van der Waals surface area contributed by atoms with E-state index >= 15 is 0 Å². The molecule has 2 aromatic carbocycles. The maximum atomic E-state index is 13.7. The number of hydrogen-bond donors (Lipinski definition) is 2. The van der Waals surface area contributed by atoms with Crippen molar-refractivity contribution >= 4 is 23.0 Å². The van der Waals surface area contributed by atoms with Gasteiger partial charge in [0.2, 0.25) is 0 Å². The van der Waals surface area contributed by atoms with Crippen molar-refractivity contribution in [2.24, 2.45) is 0 Å². The zero-order valence-electron chi connectivity index (χ0n) is 20.3. The lowest BCUT2D eigenvalue weighted by molar-refractivity contribution is 0.405. The fourth-order valence-corrected chi connectivity index (χ4v) is 5.19. The van der Waals surface area contributed by atoms with E-state index in [-0.39, 0.29) is 6.54 Å². The van der Waals surface area contributed by atoms with Gasteiger partial charge in [0.1, 0.15) is 23.0 Å². The summed E-state index contributed by atoms with van der Waals surface area (Å²) in [6, 6.07) is 11.7. The third kappa shape index (κ3) is 4.47. The lowest BCUT2D eigenvalue weighted by Crippen LogP contribution is -2.05. The zero-order chi connectivity index (χ0) is 25.4. The predicted octanol–water partition coefficient (Wildman–Crippen LogP) is 6.27. The summed E-state index contributed by atoms with van der Waals surface area (Å²) in [5, 5.41) is 5.64. The Morgan fingerprint density at radius 1 is 1.06 bits per heavy atom. The number of aromatic nitrogens is 4. The highest BCUT2D eigenvalue weighted by molar-refractivity contribution is 7.97. The molecule has 5 rings (SSSR count). The fourth-order valence-electron chi connectivity index (χ4n) is 4.53. The van der Waals surface area contributed by atoms with Crippen LogP contribution in [0, 0.1) is 25.5 Å². The van der Waals surface area contributed by atoms with E-state index < -0.39 is 11.6 Å². The smallest absolute Gasteiger partial charge is 0.137 e. The van der Waals surface area contributed by atoms with E-state index in [0.29, 0.717) is 5.56 Å². The van der Waals surface area contributed by atoms with E-state index in [0.717, 1.165) is 61.4 Å². The largest absolute Gasteiger partial charge is 0.496 e. The van der Waals surface area contributed by atoms with Crippen molar-refractivity contribution in [2.45, 2.75) is 25.3 Å². The number of pyridine rings is 1. The molecule has 36 heavy (non-hydrogen) atoms. The Morgan fingerprint density at radius 3 is 2.56 bits per heavy atom. The van der Waals surface area contributed by atoms with Crippen LogP contribution in [0.4, 0.5) is 8.78 Å². The summed E-state index contributed by atoms with van der Waals surface area (Å²) in [6.07, 6.45) is 3.78. The first kappa shape index (κ1) is 24.0. The summed E-state index contributed by atoms with van der Waals surface area (Å²) >= 11 is 1.49. The third-order valence-corrected chi connectivity index (χ3v) is 6.89. The molecule has 0 aliphatic rings. The first-order valence-corrected chi connectivity index (χ1v) is 12.2. The molecule has 6 nitrogen and oxygen atoms in total. The second kappa shape index (κ2) is 9.75. The maximum absolute atomic E-state index is 13.7. The van der Waals surface area contributed by atoms with Crippen LogP contribution >= 0.6 is 11.9 Å². The molecule has 0 saturated carbocycles. The molecule has 0 unspecified atom stereocenters. The van der Waals surface area contributed by atoms with Crippen molar-refractivity contribution in [1.82, 2.24) is 24.5 Å². The van der Waals surface area contributed by atoms with Gasteiger partial charge in [0.25, 0.3) is 0 Å². The summed E-state index contributed by atoms with van der Waals surface area (Å²) in [6.45, 7) is 4.17. The van der Waals surface area contributed by atoms with Gasteiger partial charge in [-0.25, -0.2) is 13.8 Å². The summed E-state index contributed by atoms with van der Waals surface area (Å²) < 4.78 is 37.8. The number of H-pyrrole nitrogens is 1. The number of rotatable bonds is 7. The van der Waals surface area contributed by atoms with E-state index in [1.807, 2.05) is 45.4 Å². The van der Waals surface area contributed by atoms with Crippen LogP contribution in [0.2, 0.25) is 0 Å². The molecule has 3 heterocycles. The van der Waals surface area contributed by atoms with Crippen LogP contribution in [0.15, 0.2) is 59.8 Å². The Labute approximate surface area is 211 Å². The molecular formula is C27H25F2N5OS. The minimum atomic E-state index is -0.600. The van der Waals surface area contributed by atoms with E-state index in [1.54, 1.807) is 11.8 Å². The maximum Gasteiger partial charge on any atom is 0.137 e.